The maximum atomic E-state index is 12.4. The number of esters is 1. The number of carbonyl (C=O) groups excluding carboxylic acids is 3. The van der Waals surface area contributed by atoms with Gasteiger partial charge in [0.1, 0.15) is 11.3 Å². The van der Waals surface area contributed by atoms with Gasteiger partial charge in [-0.05, 0) is 70.4 Å². The molecule has 1 aliphatic rings. The normalized spacial score (nSPS) is 19.5. The standard InChI is InChI=1S/C23H32N2O5/c1-23(2,3)30-22(28)24-15-17-12-10-16(11-13-17)14-19(21(27)29-4)25-20(26)18-8-6-5-7-9-18/h5-9,14,16-17H,10-13,15H2,1-4H3,(H,24,28)(H,25,26)/b19-14+. The van der Waals surface area contributed by atoms with Crippen LogP contribution in [0.2, 0.25) is 0 Å². The molecule has 0 bridgehead atoms. The predicted octanol–water partition coefficient (Wildman–Crippen LogP) is 3.80. The zero-order valence-electron chi connectivity index (χ0n) is 18.2. The Labute approximate surface area is 178 Å². The van der Waals surface area contributed by atoms with Gasteiger partial charge in [-0.25, -0.2) is 9.59 Å². The first-order chi connectivity index (χ1) is 14.2. The molecular weight excluding hydrogens is 384 g/mol. The number of amides is 2. The van der Waals surface area contributed by atoms with E-state index < -0.39 is 17.7 Å². The minimum absolute atomic E-state index is 0.160. The molecule has 2 N–H and O–H groups in total. The lowest BCUT2D eigenvalue weighted by molar-refractivity contribution is -0.136. The molecule has 1 aromatic carbocycles. The first-order valence-electron chi connectivity index (χ1n) is 10.3. The van der Waals surface area contributed by atoms with E-state index in [4.69, 9.17) is 9.47 Å². The fourth-order valence-electron chi connectivity index (χ4n) is 3.39. The molecule has 164 valence electrons. The fraction of sp³-hybridized carbons (Fsp3) is 0.522. The molecule has 7 nitrogen and oxygen atoms in total. The van der Waals surface area contributed by atoms with Crippen molar-refractivity contribution in [2.75, 3.05) is 13.7 Å². The monoisotopic (exact) mass is 416 g/mol. The van der Waals surface area contributed by atoms with Crippen molar-refractivity contribution in [3.63, 3.8) is 0 Å². The van der Waals surface area contributed by atoms with Crippen molar-refractivity contribution in [1.82, 2.24) is 10.6 Å². The molecule has 0 unspecified atom stereocenters. The number of nitrogens with one attached hydrogen (secondary N) is 2. The Hall–Kier alpha value is -2.83. The van der Waals surface area contributed by atoms with Gasteiger partial charge in [0.05, 0.1) is 7.11 Å². The summed E-state index contributed by atoms with van der Waals surface area (Å²) >= 11 is 0. The van der Waals surface area contributed by atoms with Gasteiger partial charge in [-0.2, -0.15) is 0 Å². The number of hydrogen-bond donors (Lipinski definition) is 2. The van der Waals surface area contributed by atoms with Crippen molar-refractivity contribution in [2.45, 2.75) is 52.1 Å². The second-order valence-electron chi connectivity index (χ2n) is 8.56. The van der Waals surface area contributed by atoms with Gasteiger partial charge in [0.2, 0.25) is 0 Å². The van der Waals surface area contributed by atoms with E-state index in [1.165, 1.54) is 7.11 Å². The van der Waals surface area contributed by atoms with E-state index in [9.17, 15) is 14.4 Å². The second-order valence-corrected chi connectivity index (χ2v) is 8.56. The third-order valence-electron chi connectivity index (χ3n) is 4.92. The summed E-state index contributed by atoms with van der Waals surface area (Å²) in [5.74, 6) is -0.383. The van der Waals surface area contributed by atoms with Gasteiger partial charge in [0.15, 0.2) is 0 Å². The van der Waals surface area contributed by atoms with Gasteiger partial charge < -0.3 is 20.1 Å². The first-order valence-corrected chi connectivity index (χ1v) is 10.3. The van der Waals surface area contributed by atoms with Gasteiger partial charge in [0.25, 0.3) is 5.91 Å². The van der Waals surface area contributed by atoms with Crippen molar-refractivity contribution < 1.29 is 23.9 Å². The highest BCUT2D eigenvalue weighted by Gasteiger charge is 2.24. The van der Waals surface area contributed by atoms with Crippen LogP contribution < -0.4 is 10.6 Å². The Kier molecular flexibility index (Phi) is 8.45. The minimum Gasteiger partial charge on any atom is -0.464 e. The van der Waals surface area contributed by atoms with Crippen molar-refractivity contribution in [1.29, 1.82) is 0 Å². The van der Waals surface area contributed by atoms with Crippen LogP contribution in [0, 0.1) is 11.8 Å². The Morgan fingerprint density at radius 1 is 1.07 bits per heavy atom. The predicted molar refractivity (Wildman–Crippen MR) is 114 cm³/mol. The molecule has 1 aliphatic carbocycles. The molecule has 0 atom stereocenters. The average Bonchev–Trinajstić information content (AvgIpc) is 2.71. The summed E-state index contributed by atoms with van der Waals surface area (Å²) in [6.45, 7) is 6.07. The van der Waals surface area contributed by atoms with E-state index in [0.717, 1.165) is 25.7 Å². The molecule has 0 aliphatic heterocycles. The lowest BCUT2D eigenvalue weighted by Gasteiger charge is -2.28. The van der Waals surface area contributed by atoms with Crippen LogP contribution in [0.25, 0.3) is 0 Å². The van der Waals surface area contributed by atoms with Crippen LogP contribution in [0.1, 0.15) is 56.8 Å². The lowest BCUT2D eigenvalue weighted by atomic mass is 9.81. The first kappa shape index (κ1) is 23.4. The summed E-state index contributed by atoms with van der Waals surface area (Å²) in [7, 11) is 1.30. The molecule has 0 aromatic heterocycles. The maximum absolute atomic E-state index is 12.4. The smallest absolute Gasteiger partial charge is 0.407 e. The van der Waals surface area contributed by atoms with Crippen LogP contribution in [0.4, 0.5) is 4.79 Å². The van der Waals surface area contributed by atoms with Crippen molar-refractivity contribution >= 4 is 18.0 Å². The Morgan fingerprint density at radius 2 is 1.70 bits per heavy atom. The number of methoxy groups -OCH3 is 1. The Balaban J connectivity index is 1.89. The highest BCUT2D eigenvalue weighted by molar-refractivity contribution is 6.01. The summed E-state index contributed by atoms with van der Waals surface area (Å²) in [6, 6.07) is 8.73. The molecule has 0 heterocycles. The van der Waals surface area contributed by atoms with Gasteiger partial charge >= 0.3 is 12.1 Å². The average molecular weight is 417 g/mol. The minimum atomic E-state index is -0.562. The molecule has 2 amide bonds. The summed E-state index contributed by atoms with van der Waals surface area (Å²) in [5, 5.41) is 5.51. The number of benzene rings is 1. The lowest BCUT2D eigenvalue weighted by Crippen LogP contribution is -2.36. The van der Waals surface area contributed by atoms with E-state index in [-0.39, 0.29) is 17.5 Å². The van der Waals surface area contributed by atoms with E-state index in [2.05, 4.69) is 10.6 Å². The molecule has 7 heteroatoms. The van der Waals surface area contributed by atoms with E-state index in [0.29, 0.717) is 18.0 Å². The zero-order chi connectivity index (χ0) is 22.1. The van der Waals surface area contributed by atoms with Crippen LogP contribution >= 0.6 is 0 Å². The van der Waals surface area contributed by atoms with Crippen molar-refractivity contribution in [3.05, 3.63) is 47.7 Å². The number of carbonyl (C=O) groups is 3. The largest absolute Gasteiger partial charge is 0.464 e. The summed E-state index contributed by atoms with van der Waals surface area (Å²) < 4.78 is 10.1. The molecule has 1 fully saturated rings. The third-order valence-corrected chi connectivity index (χ3v) is 4.92. The third kappa shape index (κ3) is 7.89. The molecule has 2 rings (SSSR count). The second kappa shape index (κ2) is 10.8. The van der Waals surface area contributed by atoms with Gasteiger partial charge in [-0.1, -0.05) is 24.3 Å². The Morgan fingerprint density at radius 3 is 2.27 bits per heavy atom. The maximum Gasteiger partial charge on any atom is 0.407 e. The molecule has 0 saturated heterocycles. The highest BCUT2D eigenvalue weighted by atomic mass is 16.6. The number of rotatable bonds is 6. The van der Waals surface area contributed by atoms with E-state index >= 15 is 0 Å². The number of alkyl carbamates (subject to hydrolysis) is 1. The Bertz CT molecular complexity index is 760. The van der Waals surface area contributed by atoms with E-state index in [1.54, 1.807) is 30.3 Å². The summed E-state index contributed by atoms with van der Waals surface area (Å²) in [5.41, 5.74) is 0.131. The van der Waals surface area contributed by atoms with Crippen molar-refractivity contribution in [2.24, 2.45) is 11.8 Å². The molecule has 0 radical (unpaired) electrons. The van der Waals surface area contributed by atoms with E-state index in [1.807, 2.05) is 26.8 Å². The number of allylic oxidation sites excluding steroid dienone is 1. The zero-order valence-corrected chi connectivity index (χ0v) is 18.2. The van der Waals surface area contributed by atoms with Gasteiger partial charge in [-0.3, -0.25) is 4.79 Å². The van der Waals surface area contributed by atoms with Crippen LogP contribution in [0.3, 0.4) is 0 Å². The van der Waals surface area contributed by atoms with Crippen LogP contribution in [-0.4, -0.2) is 37.2 Å². The number of hydrogen-bond acceptors (Lipinski definition) is 5. The number of ether oxygens (including phenoxy) is 2. The molecule has 1 saturated carbocycles. The van der Waals surface area contributed by atoms with Crippen molar-refractivity contribution in [3.8, 4) is 0 Å². The summed E-state index contributed by atoms with van der Waals surface area (Å²) in [6.07, 6.45) is 4.95. The molecular formula is C23H32N2O5. The van der Waals surface area contributed by atoms with Crippen LogP contribution in [0.5, 0.6) is 0 Å². The van der Waals surface area contributed by atoms with Gasteiger partial charge in [0, 0.05) is 12.1 Å². The van der Waals surface area contributed by atoms with Crippen LogP contribution in [0.15, 0.2) is 42.1 Å². The quantitative estimate of drug-likeness (QED) is 0.543. The molecule has 30 heavy (non-hydrogen) atoms. The highest BCUT2D eigenvalue weighted by Crippen LogP contribution is 2.30. The topological polar surface area (TPSA) is 93.7 Å². The SMILES string of the molecule is COC(=O)/C(=C\C1CCC(CNC(=O)OC(C)(C)C)CC1)NC(=O)c1ccccc1. The molecule has 0 spiro atoms. The van der Waals surface area contributed by atoms with Gasteiger partial charge in [-0.15, -0.1) is 0 Å². The fourth-order valence-corrected chi connectivity index (χ4v) is 3.39. The molecule has 1 aromatic rings. The van der Waals surface area contributed by atoms with Crippen LogP contribution in [-0.2, 0) is 14.3 Å². The summed E-state index contributed by atoms with van der Waals surface area (Å²) in [4.78, 5) is 36.4.